The van der Waals surface area contributed by atoms with Gasteiger partial charge >= 0.3 is 12.1 Å². The van der Waals surface area contributed by atoms with Crippen LogP contribution in [0, 0.1) is 0 Å². The number of anilines is 4. The van der Waals surface area contributed by atoms with Gasteiger partial charge in [-0.1, -0.05) is 0 Å². The van der Waals surface area contributed by atoms with Crippen molar-refractivity contribution in [1.82, 2.24) is 38.9 Å². The Hall–Kier alpha value is -6.93. The van der Waals surface area contributed by atoms with Crippen molar-refractivity contribution in [2.45, 2.75) is 39.2 Å². The van der Waals surface area contributed by atoms with Gasteiger partial charge in [-0.2, -0.15) is 0 Å². The molecular weight excluding hydrogens is 720 g/mol. The third-order valence-electron chi connectivity index (χ3n) is 7.50. The number of rotatable bonds is 14. The van der Waals surface area contributed by atoms with Crippen molar-refractivity contribution in [2.24, 2.45) is 28.2 Å². The Morgan fingerprint density at radius 2 is 1.07 bits per heavy atom. The molecule has 4 rings (SSSR count). The molecule has 4 aromatic heterocycles. The molecule has 21 heteroatoms. The molecule has 0 bridgehead atoms. The van der Waals surface area contributed by atoms with Crippen molar-refractivity contribution < 1.29 is 43.0 Å². The van der Waals surface area contributed by atoms with E-state index < -0.39 is 47.2 Å². The van der Waals surface area contributed by atoms with Gasteiger partial charge in [0.05, 0.1) is 18.5 Å². The van der Waals surface area contributed by atoms with Crippen LogP contribution in [0.5, 0.6) is 0 Å². The number of aryl methyl sites for hydroxylation is 4. The van der Waals surface area contributed by atoms with Gasteiger partial charge in [-0.25, -0.2) is 19.6 Å². The van der Waals surface area contributed by atoms with Gasteiger partial charge in [-0.15, -0.1) is 0 Å². The van der Waals surface area contributed by atoms with Crippen molar-refractivity contribution in [2.75, 3.05) is 41.5 Å². The molecule has 0 fully saturated rings. The summed E-state index contributed by atoms with van der Waals surface area (Å²) in [7, 11) is 7.63. The Balaban J connectivity index is 1.23. The van der Waals surface area contributed by atoms with Crippen LogP contribution in [0.4, 0.5) is 27.8 Å². The number of aromatic nitrogens is 6. The Bertz CT molecular complexity index is 2120. The zero-order valence-electron chi connectivity index (χ0n) is 31.7. The fourth-order valence-electron chi connectivity index (χ4n) is 5.03. The molecule has 0 aliphatic rings. The highest BCUT2D eigenvalue weighted by Crippen LogP contribution is 2.17. The molecule has 0 aromatic carbocycles. The number of hydrogen-bond acceptors (Lipinski definition) is 11. The van der Waals surface area contributed by atoms with Gasteiger partial charge in [0.25, 0.3) is 17.7 Å². The minimum Gasteiger partial charge on any atom is -0.464 e. The highest BCUT2D eigenvalue weighted by atomic mass is 16.6. The highest BCUT2D eigenvalue weighted by molar-refractivity contribution is 6.04. The normalized spacial score (nSPS) is 11.0. The summed E-state index contributed by atoms with van der Waals surface area (Å²) in [4.78, 5) is 95.6. The van der Waals surface area contributed by atoms with Crippen molar-refractivity contribution in [3.05, 3.63) is 60.0 Å². The van der Waals surface area contributed by atoms with E-state index >= 15 is 0 Å². The van der Waals surface area contributed by atoms with E-state index in [1.165, 1.54) is 62.3 Å². The fraction of sp³-hybridized carbons (Fsp3) is 0.382. The van der Waals surface area contributed by atoms with Gasteiger partial charge < -0.3 is 59.6 Å². The monoisotopic (exact) mass is 764 g/mol. The number of alkyl carbamates (subject to hydrolysis) is 1. The molecule has 4 heterocycles. The Morgan fingerprint density at radius 3 is 1.55 bits per heavy atom. The molecule has 0 aliphatic heterocycles. The van der Waals surface area contributed by atoms with Crippen LogP contribution in [0.3, 0.4) is 0 Å². The maximum Gasteiger partial charge on any atom is 0.407 e. The second-order valence-corrected chi connectivity index (χ2v) is 13.3. The largest absolute Gasteiger partial charge is 0.464 e. The average Bonchev–Trinajstić information content (AvgIpc) is 3.84. The number of hydrogen-bond donors (Lipinski definition) is 6. The lowest BCUT2D eigenvalue weighted by atomic mass is 10.2. The molecule has 0 saturated carbocycles. The Morgan fingerprint density at radius 1 is 0.618 bits per heavy atom. The van der Waals surface area contributed by atoms with E-state index in [0.717, 1.165) is 0 Å². The van der Waals surface area contributed by atoms with Crippen molar-refractivity contribution in [3.63, 3.8) is 0 Å². The van der Waals surface area contributed by atoms with Crippen LogP contribution >= 0.6 is 0 Å². The smallest absolute Gasteiger partial charge is 0.407 e. The molecule has 294 valence electrons. The molecule has 0 saturated heterocycles. The first-order valence-corrected chi connectivity index (χ1v) is 16.8. The van der Waals surface area contributed by atoms with Crippen LogP contribution in [0.1, 0.15) is 75.8 Å². The number of methoxy groups -OCH3 is 1. The highest BCUT2D eigenvalue weighted by Gasteiger charge is 2.21. The summed E-state index contributed by atoms with van der Waals surface area (Å²) in [5, 5.41) is 15.6. The molecule has 0 spiro atoms. The molecule has 6 N–H and O–H groups in total. The van der Waals surface area contributed by atoms with Crippen LogP contribution in [0.15, 0.2) is 36.9 Å². The van der Waals surface area contributed by atoms with Crippen LogP contribution in [-0.4, -0.2) is 95.6 Å². The van der Waals surface area contributed by atoms with Crippen LogP contribution in [0.2, 0.25) is 0 Å². The third kappa shape index (κ3) is 11.3. The molecular formula is C34H44N12O9. The van der Waals surface area contributed by atoms with Gasteiger partial charge in [0.2, 0.25) is 23.5 Å². The van der Waals surface area contributed by atoms with Gasteiger partial charge in [0, 0.05) is 78.9 Å². The number of ether oxygens (including phenoxy) is 2. The fourth-order valence-corrected chi connectivity index (χ4v) is 5.03. The van der Waals surface area contributed by atoms with Crippen molar-refractivity contribution >= 4 is 64.6 Å². The number of carbonyl (C=O) groups is 7. The van der Waals surface area contributed by atoms with Crippen LogP contribution < -0.4 is 31.9 Å². The molecule has 21 nitrogen and oxygen atoms in total. The molecule has 55 heavy (non-hydrogen) atoms. The molecule has 6 amide bonds. The van der Waals surface area contributed by atoms with Gasteiger partial charge in [-0.05, 0) is 32.9 Å². The minimum absolute atomic E-state index is 0.00432. The molecule has 0 atom stereocenters. The number of nitrogens with one attached hydrogen (secondary N) is 6. The summed E-state index contributed by atoms with van der Waals surface area (Å²) in [6.07, 6.45) is 5.15. The van der Waals surface area contributed by atoms with Crippen LogP contribution in [-0.2, 0) is 47.3 Å². The molecule has 0 aliphatic carbocycles. The average molecular weight is 765 g/mol. The van der Waals surface area contributed by atoms with E-state index in [9.17, 15) is 33.6 Å². The molecule has 4 aromatic rings. The van der Waals surface area contributed by atoms with Gasteiger partial charge in [-0.3, -0.25) is 24.0 Å². The second kappa shape index (κ2) is 17.3. The maximum atomic E-state index is 13.0. The van der Waals surface area contributed by atoms with E-state index in [4.69, 9.17) is 9.47 Å². The number of esters is 1. The van der Waals surface area contributed by atoms with Crippen molar-refractivity contribution in [1.29, 1.82) is 0 Å². The lowest BCUT2D eigenvalue weighted by Crippen LogP contribution is -2.34. The first-order chi connectivity index (χ1) is 25.8. The van der Waals surface area contributed by atoms with E-state index in [2.05, 4.69) is 41.9 Å². The SMILES string of the molecule is COC(=O)c1cc(NC(=O)c2nc(NC(=O)CCNC(=O)c3cc(NC(=O)c4nc(NC(=O)CCNC(=O)OC(C)(C)C)cn4C)cn3C)cn2C)cn1C. The van der Waals surface area contributed by atoms with E-state index in [1.54, 1.807) is 49.0 Å². The summed E-state index contributed by atoms with van der Waals surface area (Å²) in [6.45, 7) is 5.17. The molecule has 0 radical (unpaired) electrons. The van der Waals surface area contributed by atoms with Gasteiger partial charge in [0.15, 0.2) is 11.6 Å². The summed E-state index contributed by atoms with van der Waals surface area (Å²) < 4.78 is 15.7. The lowest BCUT2D eigenvalue weighted by molar-refractivity contribution is -0.117. The predicted molar refractivity (Wildman–Crippen MR) is 198 cm³/mol. The Kier molecular flexibility index (Phi) is 12.8. The van der Waals surface area contributed by atoms with E-state index in [1.807, 2.05) is 0 Å². The third-order valence-corrected chi connectivity index (χ3v) is 7.50. The topological polar surface area (TPSA) is 256 Å². The first-order valence-electron chi connectivity index (χ1n) is 16.8. The van der Waals surface area contributed by atoms with E-state index in [-0.39, 0.29) is 60.6 Å². The minimum atomic E-state index is -0.670. The quantitative estimate of drug-likeness (QED) is 0.101. The number of carbonyl (C=O) groups excluding carboxylic acids is 7. The standard InChI is InChI=1S/C34H44N12O9/c1-34(2,3)55-33(53)36-12-10-26(48)40-24-18-45(6)27(42-24)30(50)37-19-13-21(43(4)15-19)29(49)35-11-9-25(47)39-23-17-46(7)28(41-23)31(51)38-20-14-22(32(52)54-8)44(5)16-20/h13-18H,9-12H2,1-8H3,(H,35,49)(H,36,53)(H,37,50)(H,38,51)(H,39,47)(H,40,48). The Labute approximate surface area is 315 Å². The number of nitrogens with zero attached hydrogens (tertiary/aromatic N) is 6. The van der Waals surface area contributed by atoms with Crippen LogP contribution in [0.25, 0.3) is 0 Å². The van der Waals surface area contributed by atoms with Crippen molar-refractivity contribution in [3.8, 4) is 0 Å². The number of amides is 6. The number of imidazole rings is 2. The lowest BCUT2D eigenvalue weighted by Gasteiger charge is -2.19. The summed E-state index contributed by atoms with van der Waals surface area (Å²) in [5.74, 6) is -2.95. The van der Waals surface area contributed by atoms with E-state index in [0.29, 0.717) is 11.4 Å². The maximum absolute atomic E-state index is 13.0. The predicted octanol–water partition coefficient (Wildman–Crippen LogP) is 1.73. The zero-order chi connectivity index (χ0) is 40.6. The zero-order valence-corrected chi connectivity index (χ0v) is 31.7. The second-order valence-electron chi connectivity index (χ2n) is 13.3. The summed E-state index contributed by atoms with van der Waals surface area (Å²) in [6, 6.07) is 2.90. The summed E-state index contributed by atoms with van der Waals surface area (Å²) >= 11 is 0. The molecule has 0 unspecified atom stereocenters. The summed E-state index contributed by atoms with van der Waals surface area (Å²) in [5.41, 5.74) is 0.404. The van der Waals surface area contributed by atoms with Gasteiger partial charge in [0.1, 0.15) is 17.0 Å². The first kappa shape index (κ1) is 40.8.